The zero-order valence-electron chi connectivity index (χ0n) is 9.85. The number of alkyl halides is 3. The van der Waals surface area contributed by atoms with E-state index < -0.39 is 18.7 Å². The molecule has 1 unspecified atom stereocenters. The molecule has 0 saturated carbocycles. The minimum Gasteiger partial charge on any atom is -0.479 e. The van der Waals surface area contributed by atoms with Crippen molar-refractivity contribution in [2.45, 2.75) is 25.6 Å². The Balaban J connectivity index is 3.03. The van der Waals surface area contributed by atoms with Gasteiger partial charge in [-0.3, -0.25) is 0 Å². The van der Waals surface area contributed by atoms with Crippen LogP contribution in [0.25, 0.3) is 0 Å². The summed E-state index contributed by atoms with van der Waals surface area (Å²) in [5.74, 6) is -1.12. The Hall–Kier alpha value is -1.40. The fourth-order valence-electron chi connectivity index (χ4n) is 1.58. The summed E-state index contributed by atoms with van der Waals surface area (Å²) >= 11 is 5.53. The van der Waals surface area contributed by atoms with Crippen molar-refractivity contribution in [3.05, 3.63) is 29.3 Å². The van der Waals surface area contributed by atoms with Crippen LogP contribution in [0.5, 0.6) is 5.75 Å². The Bertz CT molecular complexity index is 440. The van der Waals surface area contributed by atoms with Crippen LogP contribution in [0, 0.1) is 0 Å². The summed E-state index contributed by atoms with van der Waals surface area (Å²) in [6.45, 7) is -2.97. The molecule has 0 spiro atoms. The molecule has 0 radical (unpaired) electrons. The van der Waals surface area contributed by atoms with Gasteiger partial charge in [0.2, 0.25) is 0 Å². The average molecular weight is 295 g/mol. The highest BCUT2D eigenvalue weighted by Crippen LogP contribution is 2.26. The van der Waals surface area contributed by atoms with Crippen LogP contribution in [0.3, 0.4) is 0 Å². The summed E-state index contributed by atoms with van der Waals surface area (Å²) in [4.78, 5) is 10.7. The molecule has 19 heavy (non-hydrogen) atoms. The van der Waals surface area contributed by atoms with Crippen molar-refractivity contribution < 1.29 is 28.5 Å². The number of aliphatic hydroxyl groups is 1. The van der Waals surface area contributed by atoms with Crippen molar-refractivity contribution in [2.75, 3.05) is 5.88 Å². The van der Waals surface area contributed by atoms with E-state index in [9.17, 15) is 18.7 Å². The molecular formula is C12H13ClF2O4. The quantitative estimate of drug-likeness (QED) is 0.759. The lowest BCUT2D eigenvalue weighted by Gasteiger charge is -2.13. The van der Waals surface area contributed by atoms with E-state index in [1.165, 1.54) is 18.2 Å². The molecule has 1 aromatic carbocycles. The first-order valence-corrected chi connectivity index (χ1v) is 6.03. The molecule has 0 aromatic heterocycles. The molecule has 4 nitrogen and oxygen atoms in total. The van der Waals surface area contributed by atoms with Crippen molar-refractivity contribution >= 4 is 17.6 Å². The molecule has 2 N–H and O–H groups in total. The smallest absolute Gasteiger partial charge is 0.387 e. The Labute approximate surface area is 113 Å². The Morgan fingerprint density at radius 3 is 2.63 bits per heavy atom. The summed E-state index contributed by atoms with van der Waals surface area (Å²) < 4.78 is 28.8. The number of carboxylic acids is 1. The van der Waals surface area contributed by atoms with Crippen LogP contribution in [-0.4, -0.2) is 28.7 Å². The van der Waals surface area contributed by atoms with Crippen LogP contribution in [0.4, 0.5) is 8.78 Å². The van der Waals surface area contributed by atoms with Crippen LogP contribution in [-0.2, 0) is 11.2 Å². The van der Waals surface area contributed by atoms with Gasteiger partial charge in [0.05, 0.1) is 0 Å². The Kier molecular flexibility index (Phi) is 5.98. The van der Waals surface area contributed by atoms with Crippen LogP contribution in [0.15, 0.2) is 18.2 Å². The Morgan fingerprint density at radius 1 is 1.42 bits per heavy atom. The molecular weight excluding hydrogens is 282 g/mol. The number of hydrogen-bond donors (Lipinski definition) is 2. The van der Waals surface area contributed by atoms with Gasteiger partial charge in [-0.05, 0) is 36.1 Å². The van der Waals surface area contributed by atoms with E-state index in [1.54, 1.807) is 0 Å². The van der Waals surface area contributed by atoms with Gasteiger partial charge in [0.25, 0.3) is 0 Å². The molecule has 0 heterocycles. The second-order valence-electron chi connectivity index (χ2n) is 3.78. The molecule has 1 aromatic rings. The molecule has 0 fully saturated rings. The summed E-state index contributed by atoms with van der Waals surface area (Å²) in [7, 11) is 0. The molecule has 0 aliphatic rings. The van der Waals surface area contributed by atoms with Crippen molar-refractivity contribution in [3.63, 3.8) is 0 Å². The third-order valence-corrected chi connectivity index (χ3v) is 2.70. The number of aliphatic carboxylic acids is 1. The first-order valence-electron chi connectivity index (χ1n) is 5.50. The van der Waals surface area contributed by atoms with Crippen LogP contribution in [0.1, 0.15) is 23.7 Å². The predicted molar refractivity (Wildman–Crippen MR) is 64.7 cm³/mol. The van der Waals surface area contributed by atoms with E-state index in [-0.39, 0.29) is 11.3 Å². The van der Waals surface area contributed by atoms with Crippen LogP contribution in [0.2, 0.25) is 0 Å². The molecule has 1 rings (SSSR count). The van der Waals surface area contributed by atoms with E-state index in [1.807, 2.05) is 0 Å². The number of hydrogen-bond acceptors (Lipinski definition) is 3. The van der Waals surface area contributed by atoms with Crippen LogP contribution >= 0.6 is 11.6 Å². The average Bonchev–Trinajstić information content (AvgIpc) is 2.36. The van der Waals surface area contributed by atoms with Gasteiger partial charge in [-0.25, -0.2) is 4.79 Å². The number of benzene rings is 1. The van der Waals surface area contributed by atoms with Gasteiger partial charge in [-0.1, -0.05) is 6.07 Å². The molecule has 1 atom stereocenters. The molecule has 0 bridgehead atoms. The fraction of sp³-hybridized carbons (Fsp3) is 0.417. The van der Waals surface area contributed by atoms with Gasteiger partial charge < -0.3 is 14.9 Å². The van der Waals surface area contributed by atoms with Gasteiger partial charge in [0, 0.05) is 5.88 Å². The monoisotopic (exact) mass is 294 g/mol. The fourth-order valence-corrected chi connectivity index (χ4v) is 1.71. The molecule has 0 aliphatic heterocycles. The molecule has 0 aliphatic carbocycles. The van der Waals surface area contributed by atoms with Gasteiger partial charge in [0.15, 0.2) is 6.10 Å². The van der Waals surface area contributed by atoms with E-state index in [0.29, 0.717) is 24.3 Å². The maximum atomic E-state index is 12.2. The standard InChI is InChI=1S/C12H13ClF2O4/c13-5-1-2-7-6-8(10(16)11(17)18)3-4-9(7)19-12(14)15/h3-4,6,10,12,16H,1-2,5H2,(H,17,18). The van der Waals surface area contributed by atoms with Gasteiger partial charge in [-0.15, -0.1) is 11.6 Å². The van der Waals surface area contributed by atoms with Gasteiger partial charge in [-0.2, -0.15) is 8.78 Å². The first kappa shape index (κ1) is 15.7. The zero-order chi connectivity index (χ0) is 14.4. The maximum absolute atomic E-state index is 12.2. The normalized spacial score (nSPS) is 12.5. The molecule has 7 heteroatoms. The maximum Gasteiger partial charge on any atom is 0.387 e. The topological polar surface area (TPSA) is 66.8 Å². The number of rotatable bonds is 7. The summed E-state index contributed by atoms with van der Waals surface area (Å²) in [5.41, 5.74) is 0.498. The predicted octanol–water partition coefficient (Wildman–Crippen LogP) is 2.58. The third-order valence-electron chi connectivity index (χ3n) is 2.43. The SMILES string of the molecule is O=C(O)C(O)c1ccc(OC(F)F)c(CCCCl)c1. The number of carboxylic acid groups (broad SMARTS) is 1. The third kappa shape index (κ3) is 4.65. The van der Waals surface area contributed by atoms with E-state index >= 15 is 0 Å². The largest absolute Gasteiger partial charge is 0.479 e. The number of ether oxygens (including phenoxy) is 1. The van der Waals surface area contributed by atoms with E-state index in [4.69, 9.17) is 16.7 Å². The number of aliphatic hydroxyl groups excluding tert-OH is 1. The summed E-state index contributed by atoms with van der Waals surface area (Å²) in [6, 6.07) is 3.79. The highest BCUT2D eigenvalue weighted by molar-refractivity contribution is 6.17. The lowest BCUT2D eigenvalue weighted by Crippen LogP contribution is -2.12. The lowest BCUT2D eigenvalue weighted by molar-refractivity contribution is -0.146. The van der Waals surface area contributed by atoms with Gasteiger partial charge >= 0.3 is 12.6 Å². The zero-order valence-corrected chi connectivity index (χ0v) is 10.6. The molecule has 0 amide bonds. The molecule has 106 valence electrons. The second-order valence-corrected chi connectivity index (χ2v) is 4.16. The van der Waals surface area contributed by atoms with Gasteiger partial charge in [0.1, 0.15) is 5.75 Å². The number of halogens is 3. The number of carbonyl (C=O) groups is 1. The highest BCUT2D eigenvalue weighted by atomic mass is 35.5. The first-order chi connectivity index (χ1) is 8.95. The minimum absolute atomic E-state index is 0.0403. The molecule has 0 saturated heterocycles. The van der Waals surface area contributed by atoms with Crippen LogP contribution < -0.4 is 4.74 Å². The summed E-state index contributed by atoms with van der Waals surface area (Å²) in [6.07, 6.45) is -0.824. The van der Waals surface area contributed by atoms with Crippen molar-refractivity contribution in [2.24, 2.45) is 0 Å². The Morgan fingerprint density at radius 2 is 2.11 bits per heavy atom. The van der Waals surface area contributed by atoms with Crippen molar-refractivity contribution in [1.29, 1.82) is 0 Å². The summed E-state index contributed by atoms with van der Waals surface area (Å²) in [5, 5.41) is 18.1. The van der Waals surface area contributed by atoms with Crippen molar-refractivity contribution in [1.82, 2.24) is 0 Å². The second kappa shape index (κ2) is 7.25. The lowest BCUT2D eigenvalue weighted by atomic mass is 10.0. The minimum atomic E-state index is -2.97. The highest BCUT2D eigenvalue weighted by Gasteiger charge is 2.18. The van der Waals surface area contributed by atoms with E-state index in [2.05, 4.69) is 4.74 Å². The van der Waals surface area contributed by atoms with E-state index in [0.717, 1.165) is 0 Å². The number of aryl methyl sites for hydroxylation is 1. The van der Waals surface area contributed by atoms with Crippen molar-refractivity contribution in [3.8, 4) is 5.75 Å².